The van der Waals surface area contributed by atoms with Gasteiger partial charge in [-0.1, -0.05) is 11.3 Å². The molecule has 0 aliphatic carbocycles. The normalized spacial score (nSPS) is 20.0. The van der Waals surface area contributed by atoms with Gasteiger partial charge in [0.2, 0.25) is 0 Å². The van der Waals surface area contributed by atoms with Crippen LogP contribution in [0.5, 0.6) is 5.75 Å². The Kier molecular flexibility index (Phi) is 7.37. The molecule has 36 heavy (non-hydrogen) atoms. The number of rotatable bonds is 7. The van der Waals surface area contributed by atoms with Crippen LogP contribution in [-0.2, 0) is 16.2 Å². The molecule has 2 aliphatic heterocycles. The third kappa shape index (κ3) is 5.85. The van der Waals surface area contributed by atoms with Gasteiger partial charge in [-0.05, 0) is 32.6 Å². The number of anilines is 2. The van der Waals surface area contributed by atoms with Crippen molar-refractivity contribution in [3.63, 3.8) is 0 Å². The number of thiophene rings is 1. The molecule has 0 spiro atoms. The van der Waals surface area contributed by atoms with E-state index < -0.39 is 38.5 Å². The largest absolute Gasteiger partial charge is 0.488 e. The minimum atomic E-state index is -4.69. The third-order valence-electron chi connectivity index (χ3n) is 6.10. The fourth-order valence-corrected chi connectivity index (χ4v) is 6.66. The van der Waals surface area contributed by atoms with Crippen LogP contribution in [0.2, 0.25) is 0 Å². The maximum Gasteiger partial charge on any atom is 0.419 e. The van der Waals surface area contributed by atoms with Crippen LogP contribution in [0.1, 0.15) is 12.0 Å². The van der Waals surface area contributed by atoms with Gasteiger partial charge in [0.25, 0.3) is 10.0 Å². The lowest BCUT2D eigenvalue weighted by Crippen LogP contribution is -2.44. The first-order chi connectivity index (χ1) is 16.8. The van der Waals surface area contributed by atoms with Crippen molar-refractivity contribution in [2.75, 3.05) is 63.0 Å². The van der Waals surface area contributed by atoms with Gasteiger partial charge < -0.3 is 19.4 Å². The predicted molar refractivity (Wildman–Crippen MR) is 129 cm³/mol. The highest BCUT2D eigenvalue weighted by Gasteiger charge is 2.36. The van der Waals surface area contributed by atoms with E-state index in [1.54, 1.807) is 4.90 Å². The van der Waals surface area contributed by atoms with Crippen LogP contribution in [0.15, 0.2) is 28.5 Å². The standard InChI is InChI=1S/C21H26F3N5O5S2/c1-26-7-9-28(10-8-26)20-17(29(30)31)12-19(35-20)36(32,33)25-14-3-4-16(21(22,23)24)18(11-14)34-15-5-6-27(2)13-15/h3-4,11-12,15,25H,5-10,13H2,1-2H3/t15-/m1/s1. The molecule has 0 saturated carbocycles. The number of nitrogens with one attached hydrogen (secondary N) is 1. The van der Waals surface area contributed by atoms with Crippen LogP contribution in [0.25, 0.3) is 0 Å². The van der Waals surface area contributed by atoms with E-state index >= 15 is 0 Å². The lowest BCUT2D eigenvalue weighted by atomic mass is 10.1. The number of sulfonamides is 1. The summed E-state index contributed by atoms with van der Waals surface area (Å²) in [5.41, 5.74) is -1.47. The highest BCUT2D eigenvalue weighted by Crippen LogP contribution is 2.42. The number of halogens is 3. The predicted octanol–water partition coefficient (Wildman–Crippen LogP) is 3.31. The quantitative estimate of drug-likeness (QED) is 0.414. The molecule has 1 aromatic carbocycles. The summed E-state index contributed by atoms with van der Waals surface area (Å²) in [6.07, 6.45) is -4.62. The SMILES string of the molecule is CN1CCN(c2sc(S(=O)(=O)Nc3ccc(C(F)(F)F)c(O[C@@H]4CCN(C)C4)c3)cc2[N+](=O)[O-])CC1. The second-order valence-electron chi connectivity index (χ2n) is 8.91. The fraction of sp³-hybridized carbons (Fsp3) is 0.524. The Morgan fingerprint density at radius 1 is 1.11 bits per heavy atom. The number of ether oxygens (including phenoxy) is 1. The summed E-state index contributed by atoms with van der Waals surface area (Å²) in [6, 6.07) is 3.74. The number of hydrogen-bond donors (Lipinski definition) is 1. The molecule has 4 rings (SSSR count). The molecule has 1 aromatic heterocycles. The molecule has 0 radical (unpaired) electrons. The molecule has 2 saturated heterocycles. The van der Waals surface area contributed by atoms with Crippen LogP contribution in [0.4, 0.5) is 29.5 Å². The summed E-state index contributed by atoms with van der Waals surface area (Å²) in [7, 11) is -0.565. The van der Waals surface area contributed by atoms with Crippen molar-refractivity contribution in [2.24, 2.45) is 0 Å². The van der Waals surface area contributed by atoms with Gasteiger partial charge in [0, 0.05) is 51.4 Å². The van der Waals surface area contributed by atoms with Gasteiger partial charge in [-0.3, -0.25) is 14.8 Å². The molecule has 1 N–H and O–H groups in total. The molecule has 15 heteroatoms. The number of nitrogens with zero attached hydrogens (tertiary/aromatic N) is 4. The molecule has 0 unspecified atom stereocenters. The topological polar surface area (TPSA) is 108 Å². The summed E-state index contributed by atoms with van der Waals surface area (Å²) in [6.45, 7) is 3.45. The summed E-state index contributed by atoms with van der Waals surface area (Å²) in [5, 5.41) is 11.9. The molecule has 2 aliphatic rings. The first-order valence-electron chi connectivity index (χ1n) is 11.1. The first kappa shape index (κ1) is 26.4. The number of hydrogen-bond acceptors (Lipinski definition) is 9. The van der Waals surface area contributed by atoms with Crippen molar-refractivity contribution in [3.05, 3.63) is 39.9 Å². The minimum Gasteiger partial charge on any atom is -0.488 e. The smallest absolute Gasteiger partial charge is 0.419 e. The summed E-state index contributed by atoms with van der Waals surface area (Å²) in [4.78, 5) is 16.7. The van der Waals surface area contributed by atoms with Gasteiger partial charge in [-0.2, -0.15) is 13.2 Å². The van der Waals surface area contributed by atoms with E-state index in [0.29, 0.717) is 45.7 Å². The van der Waals surface area contributed by atoms with E-state index in [1.165, 1.54) is 0 Å². The molecule has 0 amide bonds. The summed E-state index contributed by atoms with van der Waals surface area (Å²) < 4.78 is 74.4. The van der Waals surface area contributed by atoms with E-state index in [9.17, 15) is 31.7 Å². The lowest BCUT2D eigenvalue weighted by molar-refractivity contribution is -0.383. The fourth-order valence-electron chi connectivity index (χ4n) is 4.14. The average molecular weight is 550 g/mol. The summed E-state index contributed by atoms with van der Waals surface area (Å²) in [5.74, 6) is -0.474. The van der Waals surface area contributed by atoms with Crippen molar-refractivity contribution in [2.45, 2.75) is 22.9 Å². The highest BCUT2D eigenvalue weighted by molar-refractivity contribution is 7.94. The van der Waals surface area contributed by atoms with Gasteiger partial charge >= 0.3 is 11.9 Å². The second kappa shape index (κ2) is 10.0. The molecular formula is C21H26F3N5O5S2. The third-order valence-corrected chi connectivity index (χ3v) is 9.14. The molecule has 198 valence electrons. The number of likely N-dealkylation sites (tertiary alicyclic amines) is 1. The lowest BCUT2D eigenvalue weighted by Gasteiger charge is -2.32. The molecule has 10 nitrogen and oxygen atoms in total. The van der Waals surface area contributed by atoms with E-state index in [4.69, 9.17) is 4.74 Å². The van der Waals surface area contributed by atoms with E-state index in [1.807, 2.05) is 19.0 Å². The number of likely N-dealkylation sites (N-methyl/N-ethyl adjacent to an activating group) is 2. The number of piperazine rings is 1. The Balaban J connectivity index is 1.61. The van der Waals surface area contributed by atoms with Gasteiger partial charge in [-0.15, -0.1) is 0 Å². The Hall–Kier alpha value is -2.62. The van der Waals surface area contributed by atoms with E-state index in [-0.39, 0.29) is 20.6 Å². The highest BCUT2D eigenvalue weighted by atomic mass is 32.2. The zero-order chi connectivity index (χ0) is 26.3. The van der Waals surface area contributed by atoms with E-state index in [2.05, 4.69) is 9.62 Å². The van der Waals surface area contributed by atoms with Gasteiger partial charge in [0.15, 0.2) is 5.00 Å². The van der Waals surface area contributed by atoms with Crippen LogP contribution in [0.3, 0.4) is 0 Å². The Morgan fingerprint density at radius 3 is 2.39 bits per heavy atom. The number of nitro groups is 1. The Bertz CT molecular complexity index is 1230. The molecule has 2 aromatic rings. The van der Waals surface area contributed by atoms with Crippen LogP contribution < -0.4 is 14.4 Å². The average Bonchev–Trinajstić information content (AvgIpc) is 3.40. The Labute approximate surface area is 210 Å². The monoisotopic (exact) mass is 549 g/mol. The van der Waals surface area contributed by atoms with Crippen molar-refractivity contribution < 1.29 is 31.2 Å². The van der Waals surface area contributed by atoms with Crippen LogP contribution in [-0.4, -0.2) is 82.6 Å². The Morgan fingerprint density at radius 2 is 1.81 bits per heavy atom. The van der Waals surface area contributed by atoms with Crippen LogP contribution >= 0.6 is 11.3 Å². The molecular weight excluding hydrogens is 523 g/mol. The zero-order valence-corrected chi connectivity index (χ0v) is 21.2. The summed E-state index contributed by atoms with van der Waals surface area (Å²) >= 11 is 0.758. The van der Waals surface area contributed by atoms with Crippen molar-refractivity contribution >= 4 is 37.7 Å². The van der Waals surface area contributed by atoms with Gasteiger partial charge in [0.05, 0.1) is 16.2 Å². The van der Waals surface area contributed by atoms with Crippen LogP contribution in [0, 0.1) is 10.1 Å². The van der Waals surface area contributed by atoms with Gasteiger partial charge in [-0.25, -0.2) is 8.42 Å². The van der Waals surface area contributed by atoms with Crippen molar-refractivity contribution in [3.8, 4) is 5.75 Å². The molecule has 2 fully saturated rings. The molecule has 3 heterocycles. The van der Waals surface area contributed by atoms with Gasteiger partial charge in [0.1, 0.15) is 16.1 Å². The number of benzene rings is 1. The zero-order valence-electron chi connectivity index (χ0n) is 19.6. The van der Waals surface area contributed by atoms with E-state index in [0.717, 1.165) is 35.6 Å². The minimum absolute atomic E-state index is 0.137. The van der Waals surface area contributed by atoms with Crippen molar-refractivity contribution in [1.29, 1.82) is 0 Å². The second-order valence-corrected chi connectivity index (χ2v) is 11.8. The maximum atomic E-state index is 13.6. The number of alkyl halides is 3. The maximum absolute atomic E-state index is 13.6. The molecule has 1 atom stereocenters. The first-order valence-corrected chi connectivity index (χ1v) is 13.4. The van der Waals surface area contributed by atoms with Crippen molar-refractivity contribution in [1.82, 2.24) is 9.80 Å². The molecule has 0 bridgehead atoms.